The Kier molecular flexibility index (Phi) is 5.19. The molecule has 0 aliphatic heterocycles. The molecule has 0 radical (unpaired) electrons. The van der Waals surface area contributed by atoms with E-state index in [4.69, 9.17) is 4.74 Å². The molecule has 0 spiro atoms. The van der Waals surface area contributed by atoms with E-state index in [0.717, 1.165) is 0 Å². The zero-order chi connectivity index (χ0) is 18.1. The SMILES string of the molecule is CCOC(=O)[C@@H]1CC[C@@H](n2ncc(C(=O)[O-])c2C(F)(F)F)C[C@H]1C. The number of alkyl halides is 3. The molecular weight excluding hydrogens is 329 g/mol. The van der Waals surface area contributed by atoms with Crippen molar-refractivity contribution in [2.24, 2.45) is 11.8 Å². The Morgan fingerprint density at radius 2 is 2.08 bits per heavy atom. The van der Waals surface area contributed by atoms with Gasteiger partial charge in [-0.2, -0.15) is 18.3 Å². The average molecular weight is 347 g/mol. The lowest BCUT2D eigenvalue weighted by atomic mass is 9.78. The molecule has 0 amide bonds. The van der Waals surface area contributed by atoms with Gasteiger partial charge in [-0.05, 0) is 32.1 Å². The number of carboxylic acid groups (broad SMARTS) is 1. The van der Waals surface area contributed by atoms with Crippen molar-refractivity contribution in [2.45, 2.75) is 45.3 Å². The van der Waals surface area contributed by atoms with Gasteiger partial charge in [0.25, 0.3) is 0 Å². The highest BCUT2D eigenvalue weighted by atomic mass is 19.4. The third-order valence-corrected chi connectivity index (χ3v) is 4.36. The largest absolute Gasteiger partial charge is 0.545 e. The number of esters is 1. The van der Waals surface area contributed by atoms with Gasteiger partial charge in [0.2, 0.25) is 0 Å². The van der Waals surface area contributed by atoms with Gasteiger partial charge in [-0.3, -0.25) is 9.48 Å². The van der Waals surface area contributed by atoms with E-state index in [1.807, 2.05) is 0 Å². The minimum Gasteiger partial charge on any atom is -0.545 e. The van der Waals surface area contributed by atoms with Crippen LogP contribution in [0.3, 0.4) is 0 Å². The van der Waals surface area contributed by atoms with Gasteiger partial charge in [0.15, 0.2) is 5.69 Å². The predicted molar refractivity (Wildman–Crippen MR) is 73.7 cm³/mol. The fourth-order valence-electron chi connectivity index (χ4n) is 3.26. The number of carbonyl (C=O) groups is 2. The van der Waals surface area contributed by atoms with Gasteiger partial charge in [0.1, 0.15) is 0 Å². The molecule has 0 unspecified atom stereocenters. The van der Waals surface area contributed by atoms with Gasteiger partial charge in [0, 0.05) is 5.56 Å². The summed E-state index contributed by atoms with van der Waals surface area (Å²) in [5.74, 6) is -2.83. The Bertz CT molecular complexity index is 627. The van der Waals surface area contributed by atoms with Crippen LogP contribution in [-0.4, -0.2) is 28.3 Å². The summed E-state index contributed by atoms with van der Waals surface area (Å²) >= 11 is 0. The Morgan fingerprint density at radius 3 is 2.58 bits per heavy atom. The van der Waals surface area contributed by atoms with Gasteiger partial charge in [-0.15, -0.1) is 0 Å². The number of hydrogen-bond donors (Lipinski definition) is 0. The van der Waals surface area contributed by atoms with E-state index in [1.165, 1.54) is 0 Å². The number of carbonyl (C=O) groups excluding carboxylic acids is 2. The van der Waals surface area contributed by atoms with E-state index in [2.05, 4.69) is 5.10 Å². The highest BCUT2D eigenvalue weighted by Gasteiger charge is 2.42. The molecule has 1 heterocycles. The van der Waals surface area contributed by atoms with Crippen molar-refractivity contribution in [1.82, 2.24) is 9.78 Å². The number of aromatic carboxylic acids is 1. The number of hydrogen-bond acceptors (Lipinski definition) is 5. The number of halogens is 3. The fraction of sp³-hybridized carbons (Fsp3) is 0.667. The lowest BCUT2D eigenvalue weighted by molar-refractivity contribution is -0.255. The zero-order valence-corrected chi connectivity index (χ0v) is 13.3. The quantitative estimate of drug-likeness (QED) is 0.776. The van der Waals surface area contributed by atoms with Crippen LogP contribution in [0.25, 0.3) is 0 Å². The van der Waals surface area contributed by atoms with Crippen LogP contribution in [0.2, 0.25) is 0 Å². The summed E-state index contributed by atoms with van der Waals surface area (Å²) in [6.45, 7) is 3.71. The molecule has 3 atom stereocenters. The molecule has 1 aromatic rings. The molecule has 1 saturated carbocycles. The molecule has 0 saturated heterocycles. The van der Waals surface area contributed by atoms with Crippen LogP contribution in [0, 0.1) is 11.8 Å². The number of aromatic nitrogens is 2. The van der Waals surface area contributed by atoms with E-state index in [1.54, 1.807) is 13.8 Å². The van der Waals surface area contributed by atoms with Gasteiger partial charge in [-0.25, -0.2) is 0 Å². The summed E-state index contributed by atoms with van der Waals surface area (Å²) < 4.78 is 45.4. The predicted octanol–water partition coefficient (Wildman–Crippen LogP) is 1.81. The molecule has 0 N–H and O–H groups in total. The van der Waals surface area contributed by atoms with Crippen molar-refractivity contribution in [3.05, 3.63) is 17.5 Å². The maximum Gasteiger partial charge on any atom is 0.433 e. The third kappa shape index (κ3) is 3.54. The highest BCUT2D eigenvalue weighted by Crippen LogP contribution is 2.41. The monoisotopic (exact) mass is 347 g/mol. The Labute approximate surface area is 136 Å². The summed E-state index contributed by atoms with van der Waals surface area (Å²) in [7, 11) is 0. The van der Waals surface area contributed by atoms with E-state index in [-0.39, 0.29) is 37.3 Å². The Hall–Kier alpha value is -2.06. The third-order valence-electron chi connectivity index (χ3n) is 4.36. The van der Waals surface area contributed by atoms with Crippen LogP contribution >= 0.6 is 0 Å². The summed E-state index contributed by atoms with van der Waals surface area (Å²) in [4.78, 5) is 22.8. The minimum absolute atomic E-state index is 0.195. The molecule has 6 nitrogen and oxygen atoms in total. The lowest BCUT2D eigenvalue weighted by Gasteiger charge is -2.33. The maximum absolute atomic E-state index is 13.2. The fourth-order valence-corrected chi connectivity index (χ4v) is 3.26. The molecule has 24 heavy (non-hydrogen) atoms. The number of carboxylic acids is 1. The molecule has 1 aliphatic rings. The molecule has 9 heteroatoms. The first-order valence-electron chi connectivity index (χ1n) is 7.69. The van der Waals surface area contributed by atoms with Crippen molar-refractivity contribution >= 4 is 11.9 Å². The number of nitrogens with zero attached hydrogens (tertiary/aromatic N) is 2. The van der Waals surface area contributed by atoms with E-state index >= 15 is 0 Å². The molecule has 1 fully saturated rings. The van der Waals surface area contributed by atoms with Crippen molar-refractivity contribution in [1.29, 1.82) is 0 Å². The second-order valence-corrected chi connectivity index (χ2v) is 5.94. The Balaban J connectivity index is 2.26. The van der Waals surface area contributed by atoms with Crippen molar-refractivity contribution in [3.8, 4) is 0 Å². The van der Waals surface area contributed by atoms with Crippen LogP contribution in [-0.2, 0) is 15.7 Å². The molecule has 0 aromatic carbocycles. The summed E-state index contributed by atoms with van der Waals surface area (Å²) in [5.41, 5.74) is -2.28. The van der Waals surface area contributed by atoms with Crippen LogP contribution in [0.15, 0.2) is 6.20 Å². The molecule has 0 bridgehead atoms. The summed E-state index contributed by atoms with van der Waals surface area (Å²) in [6.07, 6.45) is -3.26. The molecule has 134 valence electrons. The smallest absolute Gasteiger partial charge is 0.433 e. The summed E-state index contributed by atoms with van der Waals surface area (Å²) in [5, 5.41) is 14.5. The number of ether oxygens (including phenoxy) is 1. The zero-order valence-electron chi connectivity index (χ0n) is 13.3. The molecule has 1 aliphatic carbocycles. The first-order valence-corrected chi connectivity index (χ1v) is 7.69. The van der Waals surface area contributed by atoms with Crippen LogP contribution in [0.4, 0.5) is 13.2 Å². The molecular formula is C15H18F3N2O4-. The van der Waals surface area contributed by atoms with Crippen LogP contribution in [0.1, 0.15) is 55.2 Å². The molecule has 2 rings (SSSR count). The topological polar surface area (TPSA) is 84.2 Å². The van der Waals surface area contributed by atoms with E-state index in [0.29, 0.717) is 17.3 Å². The van der Waals surface area contributed by atoms with Gasteiger partial charge in [-0.1, -0.05) is 6.92 Å². The van der Waals surface area contributed by atoms with Gasteiger partial charge < -0.3 is 14.6 Å². The normalized spacial score (nSPS) is 24.6. The van der Waals surface area contributed by atoms with E-state index < -0.39 is 29.4 Å². The van der Waals surface area contributed by atoms with Crippen LogP contribution < -0.4 is 5.11 Å². The second kappa shape index (κ2) is 6.82. The van der Waals surface area contributed by atoms with E-state index in [9.17, 15) is 27.9 Å². The first kappa shape index (κ1) is 18.3. The van der Waals surface area contributed by atoms with Crippen molar-refractivity contribution in [3.63, 3.8) is 0 Å². The van der Waals surface area contributed by atoms with Gasteiger partial charge >= 0.3 is 12.1 Å². The summed E-state index contributed by atoms with van der Waals surface area (Å²) in [6, 6.07) is -0.629. The average Bonchev–Trinajstić information content (AvgIpc) is 2.92. The number of rotatable bonds is 4. The Morgan fingerprint density at radius 1 is 1.42 bits per heavy atom. The minimum atomic E-state index is -4.85. The second-order valence-electron chi connectivity index (χ2n) is 5.94. The van der Waals surface area contributed by atoms with Crippen LogP contribution in [0.5, 0.6) is 0 Å². The maximum atomic E-state index is 13.2. The van der Waals surface area contributed by atoms with Crippen molar-refractivity contribution < 1.29 is 32.6 Å². The van der Waals surface area contributed by atoms with Crippen molar-refractivity contribution in [2.75, 3.05) is 6.61 Å². The lowest BCUT2D eigenvalue weighted by Crippen LogP contribution is -2.34. The molecule has 1 aromatic heterocycles. The van der Waals surface area contributed by atoms with Gasteiger partial charge in [0.05, 0.1) is 30.7 Å². The standard InChI is InChI=1S/C15H19F3N2O4/c1-3-24-14(23)10-5-4-9(6-8(10)2)20-12(15(16,17)18)11(7-19-20)13(21)22/h7-10H,3-6H2,1-2H3,(H,21,22)/p-1/t8-,9-,10-/m1/s1. The highest BCUT2D eigenvalue weighted by molar-refractivity contribution is 5.87. The first-order chi connectivity index (χ1) is 11.2.